The van der Waals surface area contributed by atoms with E-state index < -0.39 is 5.60 Å². The molecule has 0 saturated carbocycles. The van der Waals surface area contributed by atoms with Crippen molar-refractivity contribution in [3.8, 4) is 0 Å². The van der Waals surface area contributed by atoms with Gasteiger partial charge in [0, 0.05) is 0 Å². The molecule has 0 aromatic heterocycles. The maximum absolute atomic E-state index is 11.9. The van der Waals surface area contributed by atoms with Crippen LogP contribution >= 0.6 is 0 Å². The molecule has 0 atom stereocenters. The maximum atomic E-state index is 11.9. The minimum absolute atomic E-state index is 0. The molecule has 0 fully saturated rings. The van der Waals surface area contributed by atoms with Crippen LogP contribution in [0.1, 0.15) is 59.3 Å². The van der Waals surface area contributed by atoms with Gasteiger partial charge in [-0.15, -0.1) is 5.60 Å². The zero-order valence-electron chi connectivity index (χ0n) is 9.15. The van der Waals surface area contributed by atoms with Gasteiger partial charge in [0.05, 0.1) is 0 Å². The van der Waals surface area contributed by atoms with Crippen molar-refractivity contribution in [3.05, 3.63) is 0 Å². The van der Waals surface area contributed by atoms with Crippen molar-refractivity contribution in [2.75, 3.05) is 0 Å². The van der Waals surface area contributed by atoms with Gasteiger partial charge >= 0.3 is 18.9 Å². The number of hydrogen-bond donors (Lipinski definition) is 0. The monoisotopic (exact) mass is 164 g/mol. The third-order valence-corrected chi connectivity index (χ3v) is 2.12. The minimum atomic E-state index is -0.599. The molecule has 2 heteroatoms. The van der Waals surface area contributed by atoms with Crippen LogP contribution in [-0.2, 0) is 0 Å². The van der Waals surface area contributed by atoms with E-state index in [4.69, 9.17) is 0 Å². The predicted molar refractivity (Wildman–Crippen MR) is 47.5 cm³/mol. The molecule has 0 aromatic rings. The fraction of sp³-hybridized carbons (Fsp3) is 1.00. The van der Waals surface area contributed by atoms with Crippen molar-refractivity contribution >= 4 is 0 Å². The molecule has 0 rings (SSSR count). The zero-order chi connectivity index (χ0) is 8.74. The Hall–Kier alpha value is 0.557. The van der Waals surface area contributed by atoms with Crippen molar-refractivity contribution in [1.82, 2.24) is 0 Å². The molecule has 0 heterocycles. The molecule has 0 amide bonds. The SMILES string of the molecule is CCCC([O-])(CCC)CCC.[Li+]. The first kappa shape index (κ1) is 15.0. The second-order valence-corrected chi connectivity index (χ2v) is 3.43. The molecular formula is C10H21LiO. The van der Waals surface area contributed by atoms with E-state index >= 15 is 0 Å². The van der Waals surface area contributed by atoms with Crippen LogP contribution in [0.5, 0.6) is 0 Å². The van der Waals surface area contributed by atoms with Gasteiger partial charge in [-0.05, 0) is 0 Å². The first-order valence-corrected chi connectivity index (χ1v) is 4.89. The van der Waals surface area contributed by atoms with Gasteiger partial charge in [0.25, 0.3) is 0 Å². The second kappa shape index (κ2) is 8.17. The summed E-state index contributed by atoms with van der Waals surface area (Å²) >= 11 is 0. The summed E-state index contributed by atoms with van der Waals surface area (Å²) in [5.41, 5.74) is -0.599. The standard InChI is InChI=1S/C10H21O.Li/c1-4-7-10(11,8-5-2)9-6-3;/h4-9H2,1-3H3;/q-1;+1. The number of hydrogen-bond acceptors (Lipinski definition) is 1. The third kappa shape index (κ3) is 6.12. The first-order valence-electron chi connectivity index (χ1n) is 4.89. The molecule has 0 N–H and O–H groups in total. The Bertz CT molecular complexity index is 76.8. The average molecular weight is 164 g/mol. The van der Waals surface area contributed by atoms with Crippen LogP contribution in [0.25, 0.3) is 0 Å². The normalized spacial score (nSPS) is 11.0. The summed E-state index contributed by atoms with van der Waals surface area (Å²) in [5, 5.41) is 11.9. The summed E-state index contributed by atoms with van der Waals surface area (Å²) in [5.74, 6) is 0. The van der Waals surface area contributed by atoms with Crippen LogP contribution in [0.4, 0.5) is 0 Å². The van der Waals surface area contributed by atoms with E-state index in [1.807, 2.05) is 0 Å². The molecule has 0 radical (unpaired) electrons. The average Bonchev–Trinajstić information content (AvgIpc) is 1.88. The predicted octanol–water partition coefficient (Wildman–Crippen LogP) is -0.510. The van der Waals surface area contributed by atoms with Gasteiger partial charge < -0.3 is 5.11 Å². The Morgan fingerprint density at radius 1 is 0.833 bits per heavy atom. The van der Waals surface area contributed by atoms with Crippen LogP contribution in [0.2, 0.25) is 0 Å². The van der Waals surface area contributed by atoms with Crippen LogP contribution in [0, 0.1) is 0 Å². The van der Waals surface area contributed by atoms with E-state index in [1.54, 1.807) is 0 Å². The zero-order valence-corrected chi connectivity index (χ0v) is 9.15. The molecule has 0 aliphatic carbocycles. The second-order valence-electron chi connectivity index (χ2n) is 3.43. The fourth-order valence-corrected chi connectivity index (χ4v) is 1.74. The molecule has 68 valence electrons. The molecule has 0 aliphatic heterocycles. The Morgan fingerprint density at radius 2 is 1.08 bits per heavy atom. The van der Waals surface area contributed by atoms with Crippen molar-refractivity contribution in [3.63, 3.8) is 0 Å². The van der Waals surface area contributed by atoms with Crippen molar-refractivity contribution in [2.45, 2.75) is 64.9 Å². The summed E-state index contributed by atoms with van der Waals surface area (Å²) in [6.45, 7) is 6.29. The summed E-state index contributed by atoms with van der Waals surface area (Å²) in [4.78, 5) is 0. The van der Waals surface area contributed by atoms with Gasteiger partial charge in [-0.25, -0.2) is 0 Å². The van der Waals surface area contributed by atoms with E-state index in [2.05, 4.69) is 20.8 Å². The van der Waals surface area contributed by atoms with Gasteiger partial charge in [0.15, 0.2) is 0 Å². The molecule has 1 nitrogen and oxygen atoms in total. The minimum Gasteiger partial charge on any atom is -0.849 e. The van der Waals surface area contributed by atoms with E-state index in [0.29, 0.717) is 0 Å². The van der Waals surface area contributed by atoms with Crippen LogP contribution in [-0.4, -0.2) is 5.60 Å². The molecule has 0 saturated heterocycles. The number of rotatable bonds is 6. The smallest absolute Gasteiger partial charge is 0.849 e. The van der Waals surface area contributed by atoms with Crippen molar-refractivity contribution < 1.29 is 24.0 Å². The van der Waals surface area contributed by atoms with E-state index in [-0.39, 0.29) is 18.9 Å². The summed E-state index contributed by atoms with van der Waals surface area (Å²) in [7, 11) is 0. The molecule has 0 bridgehead atoms. The Morgan fingerprint density at radius 3 is 1.25 bits per heavy atom. The van der Waals surface area contributed by atoms with Crippen LogP contribution in [0.15, 0.2) is 0 Å². The van der Waals surface area contributed by atoms with Gasteiger partial charge in [0.2, 0.25) is 0 Å². The molecular weight excluding hydrogens is 143 g/mol. The molecule has 0 spiro atoms. The van der Waals surface area contributed by atoms with Crippen LogP contribution < -0.4 is 24.0 Å². The maximum Gasteiger partial charge on any atom is 1.00 e. The van der Waals surface area contributed by atoms with Gasteiger partial charge in [-0.1, -0.05) is 59.3 Å². The Balaban J connectivity index is 0. The van der Waals surface area contributed by atoms with E-state index in [1.165, 1.54) is 0 Å². The summed E-state index contributed by atoms with van der Waals surface area (Å²) in [6, 6.07) is 0. The molecule has 0 aromatic carbocycles. The summed E-state index contributed by atoms with van der Waals surface area (Å²) in [6.07, 6.45) is 5.66. The van der Waals surface area contributed by atoms with Gasteiger partial charge in [0.1, 0.15) is 0 Å². The van der Waals surface area contributed by atoms with Crippen LogP contribution in [0.3, 0.4) is 0 Å². The van der Waals surface area contributed by atoms with Crippen molar-refractivity contribution in [2.24, 2.45) is 0 Å². The summed E-state index contributed by atoms with van der Waals surface area (Å²) < 4.78 is 0. The first-order chi connectivity index (χ1) is 5.18. The Labute approximate surface area is 89.1 Å². The molecule has 12 heavy (non-hydrogen) atoms. The van der Waals surface area contributed by atoms with E-state index in [0.717, 1.165) is 38.5 Å². The van der Waals surface area contributed by atoms with Gasteiger partial charge in [-0.3, -0.25) is 0 Å². The Kier molecular flexibility index (Phi) is 10.2. The molecule has 0 aliphatic rings. The van der Waals surface area contributed by atoms with Crippen molar-refractivity contribution in [1.29, 1.82) is 0 Å². The largest absolute Gasteiger partial charge is 1.00 e. The fourth-order valence-electron chi connectivity index (χ4n) is 1.74. The third-order valence-electron chi connectivity index (χ3n) is 2.12. The molecule has 0 unspecified atom stereocenters. The topological polar surface area (TPSA) is 23.1 Å². The quantitative estimate of drug-likeness (QED) is 0.485. The van der Waals surface area contributed by atoms with Gasteiger partial charge in [-0.2, -0.15) is 0 Å². The van der Waals surface area contributed by atoms with E-state index in [9.17, 15) is 5.11 Å².